The van der Waals surface area contributed by atoms with Gasteiger partial charge in [0, 0.05) is 43.4 Å². The highest BCUT2D eigenvalue weighted by Gasteiger charge is 2.28. The lowest BCUT2D eigenvalue weighted by Gasteiger charge is -2.11. The molecule has 0 bridgehead atoms. The van der Waals surface area contributed by atoms with Crippen molar-refractivity contribution in [2.24, 2.45) is 0 Å². The normalized spacial score (nSPS) is 12.3. The van der Waals surface area contributed by atoms with E-state index in [4.69, 9.17) is 23.8 Å². The summed E-state index contributed by atoms with van der Waals surface area (Å²) in [4.78, 5) is 15.5. The van der Waals surface area contributed by atoms with Gasteiger partial charge in [0.1, 0.15) is 22.3 Å². The summed E-state index contributed by atoms with van der Waals surface area (Å²) in [5.74, 6) is 1.71. The fraction of sp³-hybridized carbons (Fsp3) is 0. The Morgan fingerprint density at radius 1 is 0.392 bits per heavy atom. The van der Waals surface area contributed by atoms with Crippen molar-refractivity contribution < 1.29 is 8.83 Å². The van der Waals surface area contributed by atoms with Crippen molar-refractivity contribution in [3.8, 4) is 28.7 Å². The van der Waals surface area contributed by atoms with Gasteiger partial charge in [-0.25, -0.2) is 4.98 Å². The van der Waals surface area contributed by atoms with Gasteiger partial charge in [-0.15, -0.1) is 0 Å². The third-order valence-corrected chi connectivity index (χ3v) is 10.4. The van der Waals surface area contributed by atoms with Gasteiger partial charge in [0.05, 0.1) is 5.52 Å². The second-order valence-electron chi connectivity index (χ2n) is 13.1. The minimum Gasteiger partial charge on any atom is -0.456 e. The van der Waals surface area contributed by atoms with Crippen LogP contribution in [0, 0.1) is 0 Å². The van der Waals surface area contributed by atoms with E-state index in [-0.39, 0.29) is 0 Å². The van der Waals surface area contributed by atoms with Crippen molar-refractivity contribution in [1.29, 1.82) is 0 Å². The SMILES string of the molecule is c1ccc(-c2nc(-c3ccccc3)nc(-n3c4ccc5oc6cccc7c8ccccc8c8cc9c%10ccccc%10oc9c3c8c4c5c67)n2)cc1. The van der Waals surface area contributed by atoms with Gasteiger partial charge in [0.15, 0.2) is 17.2 Å². The van der Waals surface area contributed by atoms with Crippen LogP contribution in [0.5, 0.6) is 0 Å². The van der Waals surface area contributed by atoms with E-state index in [1.165, 1.54) is 0 Å². The lowest BCUT2D eigenvalue weighted by atomic mass is 9.93. The highest BCUT2D eigenvalue weighted by Crippen LogP contribution is 2.49. The standard InChI is InChI=1S/C45H24N4O2/c1-3-12-25(13-4-1)43-46-44(26-14-5-2-6-15-26)48-45(47-43)49-33-22-23-36-40-37-30(19-11-21-35(37)50-36)27-16-7-8-17-28(27)31-24-32-29-18-9-10-20-34(29)51-42(32)41(49)38(31)39(33)40/h1-24H. The first-order chi connectivity index (χ1) is 25.3. The Hall–Kier alpha value is -7.05. The summed E-state index contributed by atoms with van der Waals surface area (Å²) in [6, 6.07) is 50.1. The van der Waals surface area contributed by atoms with Gasteiger partial charge < -0.3 is 8.83 Å². The van der Waals surface area contributed by atoms with Gasteiger partial charge in [-0.1, -0.05) is 115 Å². The zero-order chi connectivity index (χ0) is 33.2. The number of hydrogen-bond donors (Lipinski definition) is 0. The monoisotopic (exact) mass is 652 g/mol. The zero-order valence-electron chi connectivity index (χ0n) is 27.0. The molecule has 12 aromatic rings. The number of benzene rings is 7. The second kappa shape index (κ2) is 9.77. The lowest BCUT2D eigenvalue weighted by Crippen LogP contribution is -2.06. The van der Waals surface area contributed by atoms with Crippen molar-refractivity contribution in [1.82, 2.24) is 19.5 Å². The molecule has 0 spiro atoms. The van der Waals surface area contributed by atoms with Gasteiger partial charge in [-0.05, 0) is 51.9 Å². The first-order valence-corrected chi connectivity index (χ1v) is 17.0. The van der Waals surface area contributed by atoms with Crippen LogP contribution in [0.2, 0.25) is 0 Å². The number of fused-ring (bicyclic) bond motifs is 7. The van der Waals surface area contributed by atoms with Crippen LogP contribution in [0.4, 0.5) is 0 Å². The van der Waals surface area contributed by atoms with Crippen LogP contribution in [0.15, 0.2) is 154 Å². The molecule has 0 radical (unpaired) electrons. The third-order valence-electron chi connectivity index (χ3n) is 10.4. The van der Waals surface area contributed by atoms with Crippen LogP contribution in [-0.2, 0) is 0 Å². The predicted octanol–water partition coefficient (Wildman–Crippen LogP) is 11.8. The van der Waals surface area contributed by atoms with Crippen molar-refractivity contribution >= 4 is 87.2 Å². The van der Waals surface area contributed by atoms with Gasteiger partial charge in [0.25, 0.3) is 0 Å². The number of nitrogens with zero attached hydrogens (tertiary/aromatic N) is 4. The van der Waals surface area contributed by atoms with E-state index in [1.54, 1.807) is 0 Å². The van der Waals surface area contributed by atoms with Crippen LogP contribution < -0.4 is 0 Å². The average molecular weight is 653 g/mol. The summed E-state index contributed by atoms with van der Waals surface area (Å²) in [5.41, 5.74) is 7.01. The average Bonchev–Trinajstić information content (AvgIpc) is 3.87. The Kier molecular flexibility index (Phi) is 5.14. The van der Waals surface area contributed by atoms with Crippen LogP contribution in [-0.4, -0.2) is 19.5 Å². The van der Waals surface area contributed by atoms with Crippen molar-refractivity contribution in [3.05, 3.63) is 146 Å². The molecule has 4 heterocycles. The van der Waals surface area contributed by atoms with E-state index in [1.807, 2.05) is 72.8 Å². The molecule has 0 saturated heterocycles. The molecule has 0 amide bonds. The summed E-state index contributed by atoms with van der Waals surface area (Å²) in [6.45, 7) is 0. The van der Waals surface area contributed by atoms with Crippen LogP contribution in [0.1, 0.15) is 0 Å². The maximum absolute atomic E-state index is 6.86. The molecule has 6 nitrogen and oxygen atoms in total. The molecule has 0 aliphatic carbocycles. The maximum atomic E-state index is 6.86. The van der Waals surface area contributed by atoms with E-state index >= 15 is 0 Å². The third kappa shape index (κ3) is 3.57. The van der Waals surface area contributed by atoms with Gasteiger partial charge >= 0.3 is 0 Å². The number of aromatic nitrogens is 4. The molecule has 236 valence electrons. The smallest absolute Gasteiger partial charge is 0.238 e. The van der Waals surface area contributed by atoms with E-state index in [9.17, 15) is 0 Å². The zero-order valence-corrected chi connectivity index (χ0v) is 27.0. The van der Waals surface area contributed by atoms with Crippen LogP contribution >= 0.6 is 0 Å². The summed E-state index contributed by atoms with van der Waals surface area (Å²) < 4.78 is 15.7. The molecular formula is C45H24N4O2. The number of hydrogen-bond acceptors (Lipinski definition) is 5. The van der Waals surface area contributed by atoms with Crippen molar-refractivity contribution in [2.45, 2.75) is 0 Å². The van der Waals surface area contributed by atoms with Crippen molar-refractivity contribution in [2.75, 3.05) is 0 Å². The molecule has 4 aromatic heterocycles. The molecule has 12 rings (SSSR count). The Morgan fingerprint density at radius 2 is 1.00 bits per heavy atom. The second-order valence-corrected chi connectivity index (χ2v) is 13.1. The first-order valence-electron chi connectivity index (χ1n) is 17.0. The Balaban J connectivity index is 1.38. The van der Waals surface area contributed by atoms with E-state index in [0.717, 1.165) is 98.4 Å². The predicted molar refractivity (Wildman–Crippen MR) is 206 cm³/mol. The molecule has 0 fully saturated rings. The molecule has 0 atom stereocenters. The fourth-order valence-corrected chi connectivity index (χ4v) is 8.26. The molecule has 51 heavy (non-hydrogen) atoms. The van der Waals surface area contributed by atoms with E-state index in [0.29, 0.717) is 17.6 Å². The van der Waals surface area contributed by atoms with Crippen LogP contribution in [0.3, 0.4) is 0 Å². The Morgan fingerprint density at radius 3 is 1.75 bits per heavy atom. The fourth-order valence-electron chi connectivity index (χ4n) is 8.26. The Labute approximate surface area is 289 Å². The molecule has 8 aromatic carbocycles. The van der Waals surface area contributed by atoms with E-state index in [2.05, 4.69) is 77.4 Å². The van der Waals surface area contributed by atoms with E-state index < -0.39 is 0 Å². The number of rotatable bonds is 3. The number of para-hydroxylation sites is 1. The van der Waals surface area contributed by atoms with Crippen LogP contribution in [0.25, 0.3) is 116 Å². The highest BCUT2D eigenvalue weighted by molar-refractivity contribution is 6.40. The quantitative estimate of drug-likeness (QED) is 0.190. The van der Waals surface area contributed by atoms with Gasteiger partial charge in [-0.3, -0.25) is 4.57 Å². The van der Waals surface area contributed by atoms with Gasteiger partial charge in [0.2, 0.25) is 5.95 Å². The molecule has 0 N–H and O–H groups in total. The summed E-state index contributed by atoms with van der Waals surface area (Å²) in [5, 5.41) is 11.0. The molecular weight excluding hydrogens is 629 g/mol. The minimum absolute atomic E-state index is 0.515. The number of furan rings is 2. The summed E-state index contributed by atoms with van der Waals surface area (Å²) in [7, 11) is 0. The maximum Gasteiger partial charge on any atom is 0.238 e. The molecule has 0 aliphatic heterocycles. The largest absolute Gasteiger partial charge is 0.456 e. The molecule has 0 saturated carbocycles. The topological polar surface area (TPSA) is 69.9 Å². The summed E-state index contributed by atoms with van der Waals surface area (Å²) >= 11 is 0. The first kappa shape index (κ1) is 26.9. The molecule has 6 heteroatoms. The summed E-state index contributed by atoms with van der Waals surface area (Å²) in [6.07, 6.45) is 0. The Bertz CT molecular complexity index is 3300. The molecule has 0 aliphatic rings. The van der Waals surface area contributed by atoms with Gasteiger partial charge in [-0.2, -0.15) is 9.97 Å². The minimum atomic E-state index is 0.515. The van der Waals surface area contributed by atoms with Crippen molar-refractivity contribution in [3.63, 3.8) is 0 Å². The highest BCUT2D eigenvalue weighted by atomic mass is 16.3. The molecule has 0 unspecified atom stereocenters. The lowest BCUT2D eigenvalue weighted by molar-refractivity contribution is 0.669.